The van der Waals surface area contributed by atoms with Gasteiger partial charge in [0, 0.05) is 14.2 Å². The lowest BCUT2D eigenvalue weighted by molar-refractivity contribution is -0.162. The fourth-order valence-corrected chi connectivity index (χ4v) is 3.69. The summed E-state index contributed by atoms with van der Waals surface area (Å²) >= 11 is 0. The van der Waals surface area contributed by atoms with Gasteiger partial charge in [-0.05, 0) is 17.2 Å². The fraction of sp³-hybridized carbons (Fsp3) is 0.438. The van der Waals surface area contributed by atoms with Crippen LogP contribution in [0.3, 0.4) is 0 Å². The van der Waals surface area contributed by atoms with Gasteiger partial charge in [-0.25, -0.2) is 4.79 Å². The quantitative estimate of drug-likeness (QED) is 0.790. The molecule has 0 radical (unpaired) electrons. The van der Waals surface area contributed by atoms with Crippen LogP contribution < -0.4 is 0 Å². The zero-order valence-electron chi connectivity index (χ0n) is 12.5. The average Bonchev–Trinajstić information content (AvgIpc) is 3.18. The van der Waals surface area contributed by atoms with E-state index in [2.05, 4.69) is 0 Å². The van der Waals surface area contributed by atoms with Crippen LogP contribution in [0.1, 0.15) is 17.0 Å². The van der Waals surface area contributed by atoms with Crippen molar-refractivity contribution in [2.45, 2.75) is 17.1 Å². The van der Waals surface area contributed by atoms with Crippen LogP contribution in [0.15, 0.2) is 30.0 Å². The molecule has 5 heteroatoms. The van der Waals surface area contributed by atoms with Crippen molar-refractivity contribution in [3.63, 3.8) is 0 Å². The number of carbonyl (C=O) groups excluding carboxylic acids is 1. The number of ether oxygens (including phenoxy) is 4. The lowest BCUT2D eigenvalue weighted by atomic mass is 9.94. The first-order chi connectivity index (χ1) is 10.1. The molecule has 3 atom stereocenters. The van der Waals surface area contributed by atoms with Crippen molar-refractivity contribution in [1.29, 1.82) is 0 Å². The highest BCUT2D eigenvalue weighted by Gasteiger charge is 2.88. The van der Waals surface area contributed by atoms with Crippen LogP contribution in [-0.2, 0) is 23.7 Å². The summed E-state index contributed by atoms with van der Waals surface area (Å²) in [5.74, 6) is -0.180. The Morgan fingerprint density at radius 1 is 1.10 bits per heavy atom. The summed E-state index contributed by atoms with van der Waals surface area (Å²) in [6.07, 6.45) is 1.89. The Hall–Kier alpha value is -1.85. The van der Waals surface area contributed by atoms with E-state index in [1.165, 1.54) is 14.2 Å². The minimum atomic E-state index is -1.22. The molecule has 1 aromatic carbocycles. The second-order valence-corrected chi connectivity index (χ2v) is 5.15. The summed E-state index contributed by atoms with van der Waals surface area (Å²) < 4.78 is 21.8. The molecule has 1 saturated carbocycles. The predicted molar refractivity (Wildman–Crippen MR) is 75.7 cm³/mol. The SMILES string of the molecule is COC(=O)[C@]1(OC)[C@@H]2c3ccccc3C=C(OC)[C@@]21OC. The minimum absolute atomic E-state index is 0.288. The van der Waals surface area contributed by atoms with Crippen LogP contribution in [-0.4, -0.2) is 45.6 Å². The number of benzene rings is 1. The van der Waals surface area contributed by atoms with Gasteiger partial charge in [0.2, 0.25) is 5.60 Å². The number of esters is 1. The Kier molecular flexibility index (Phi) is 3.07. The molecule has 1 aromatic rings. The molecule has 0 saturated heterocycles. The molecule has 0 bridgehead atoms. The van der Waals surface area contributed by atoms with E-state index in [0.717, 1.165) is 11.1 Å². The molecule has 112 valence electrons. The smallest absolute Gasteiger partial charge is 0.342 e. The molecule has 1 fully saturated rings. The summed E-state index contributed by atoms with van der Waals surface area (Å²) in [6, 6.07) is 7.82. The van der Waals surface area contributed by atoms with Gasteiger partial charge in [-0.3, -0.25) is 0 Å². The number of carbonyl (C=O) groups is 1. The molecule has 2 aliphatic carbocycles. The van der Waals surface area contributed by atoms with Crippen molar-refractivity contribution >= 4 is 12.0 Å². The van der Waals surface area contributed by atoms with Gasteiger partial charge in [0.05, 0.1) is 20.1 Å². The predicted octanol–water partition coefficient (Wildman–Crippen LogP) is 1.73. The Morgan fingerprint density at radius 2 is 1.81 bits per heavy atom. The van der Waals surface area contributed by atoms with Crippen molar-refractivity contribution in [1.82, 2.24) is 0 Å². The van der Waals surface area contributed by atoms with Crippen molar-refractivity contribution in [3.05, 3.63) is 41.2 Å². The van der Waals surface area contributed by atoms with Gasteiger partial charge in [0.1, 0.15) is 5.76 Å². The van der Waals surface area contributed by atoms with E-state index in [4.69, 9.17) is 18.9 Å². The fourth-order valence-electron chi connectivity index (χ4n) is 3.69. The van der Waals surface area contributed by atoms with Gasteiger partial charge in [-0.15, -0.1) is 0 Å². The first-order valence-corrected chi connectivity index (χ1v) is 6.67. The van der Waals surface area contributed by atoms with E-state index >= 15 is 0 Å². The summed E-state index contributed by atoms with van der Waals surface area (Å²) in [5.41, 5.74) is -0.203. The number of hydrogen-bond donors (Lipinski definition) is 0. The molecule has 5 nitrogen and oxygen atoms in total. The van der Waals surface area contributed by atoms with Crippen molar-refractivity contribution in [2.24, 2.45) is 0 Å². The van der Waals surface area contributed by atoms with Gasteiger partial charge in [-0.1, -0.05) is 24.3 Å². The summed E-state index contributed by atoms with van der Waals surface area (Å²) in [5, 5.41) is 0. The third-order valence-electron chi connectivity index (χ3n) is 4.59. The van der Waals surface area contributed by atoms with E-state index in [1.807, 2.05) is 30.3 Å². The molecule has 2 aliphatic rings. The van der Waals surface area contributed by atoms with Gasteiger partial charge in [-0.2, -0.15) is 0 Å². The van der Waals surface area contributed by atoms with Gasteiger partial charge < -0.3 is 18.9 Å². The molecule has 0 aromatic heterocycles. The zero-order valence-corrected chi connectivity index (χ0v) is 12.5. The maximum atomic E-state index is 12.4. The van der Waals surface area contributed by atoms with Crippen LogP contribution in [0.4, 0.5) is 0 Å². The van der Waals surface area contributed by atoms with E-state index in [0.29, 0.717) is 5.76 Å². The standard InChI is InChI=1S/C16H18O5/c1-18-12-9-10-7-5-6-8-11(10)13-15(12,20-3)16(13,21-4)14(17)19-2/h5-9,13H,1-4H3/t13-,15-,16-/m1/s1. The maximum absolute atomic E-state index is 12.4. The third-order valence-corrected chi connectivity index (χ3v) is 4.59. The van der Waals surface area contributed by atoms with Gasteiger partial charge in [0.15, 0.2) is 5.60 Å². The van der Waals surface area contributed by atoms with Crippen LogP contribution in [0.5, 0.6) is 0 Å². The molecular formula is C16H18O5. The van der Waals surface area contributed by atoms with Crippen LogP contribution in [0.2, 0.25) is 0 Å². The Bertz CT molecular complexity index is 623. The van der Waals surface area contributed by atoms with Gasteiger partial charge >= 0.3 is 5.97 Å². The van der Waals surface area contributed by atoms with Crippen molar-refractivity contribution in [2.75, 3.05) is 28.4 Å². The molecular weight excluding hydrogens is 272 g/mol. The summed E-state index contributed by atoms with van der Waals surface area (Å²) in [7, 11) is 5.95. The zero-order chi connectivity index (χ0) is 15.3. The molecule has 0 N–H and O–H groups in total. The van der Waals surface area contributed by atoms with Crippen LogP contribution >= 0.6 is 0 Å². The molecule has 0 aliphatic heterocycles. The topological polar surface area (TPSA) is 54.0 Å². The molecule has 0 unspecified atom stereocenters. The third kappa shape index (κ3) is 1.40. The lowest BCUT2D eigenvalue weighted by Gasteiger charge is -2.24. The molecule has 0 spiro atoms. The van der Waals surface area contributed by atoms with E-state index in [9.17, 15) is 4.79 Å². The van der Waals surface area contributed by atoms with E-state index in [-0.39, 0.29) is 5.92 Å². The molecule has 21 heavy (non-hydrogen) atoms. The van der Waals surface area contributed by atoms with Crippen molar-refractivity contribution < 1.29 is 23.7 Å². The minimum Gasteiger partial charge on any atom is -0.498 e. The normalized spacial score (nSPS) is 32.6. The highest BCUT2D eigenvalue weighted by molar-refractivity contribution is 5.94. The maximum Gasteiger partial charge on any atom is 0.342 e. The largest absolute Gasteiger partial charge is 0.498 e. The first kappa shape index (κ1) is 14.1. The molecule has 3 rings (SSSR count). The monoisotopic (exact) mass is 290 g/mol. The number of rotatable bonds is 4. The Balaban J connectivity index is 2.26. The Labute approximate surface area is 123 Å². The van der Waals surface area contributed by atoms with E-state index < -0.39 is 17.2 Å². The van der Waals surface area contributed by atoms with Crippen LogP contribution in [0.25, 0.3) is 6.08 Å². The average molecular weight is 290 g/mol. The van der Waals surface area contributed by atoms with Gasteiger partial charge in [0.25, 0.3) is 0 Å². The first-order valence-electron chi connectivity index (χ1n) is 6.67. The number of hydrogen-bond acceptors (Lipinski definition) is 5. The molecule has 0 heterocycles. The summed E-state index contributed by atoms with van der Waals surface area (Å²) in [4.78, 5) is 12.4. The lowest BCUT2D eigenvalue weighted by Crippen LogP contribution is -2.39. The highest BCUT2D eigenvalue weighted by atomic mass is 16.6. The number of methoxy groups -OCH3 is 4. The van der Waals surface area contributed by atoms with Crippen LogP contribution in [0, 0.1) is 0 Å². The van der Waals surface area contributed by atoms with E-state index in [1.54, 1.807) is 14.2 Å². The molecule has 0 amide bonds. The van der Waals surface area contributed by atoms with Crippen molar-refractivity contribution in [3.8, 4) is 0 Å². The second-order valence-electron chi connectivity index (χ2n) is 5.15. The number of fused-ring (bicyclic) bond motifs is 3. The highest BCUT2D eigenvalue weighted by Crippen LogP contribution is 2.71. The Morgan fingerprint density at radius 3 is 2.38 bits per heavy atom. The summed E-state index contributed by atoms with van der Waals surface area (Å²) in [6.45, 7) is 0. The second kappa shape index (κ2) is 4.58.